The quantitative estimate of drug-likeness (QED) is 0.815. The number of hydrogen-bond acceptors (Lipinski definition) is 3. The topological polar surface area (TPSA) is 48.1 Å². The molecule has 0 aliphatic rings. The lowest BCUT2D eigenvalue weighted by Crippen LogP contribution is -1.94. The van der Waals surface area contributed by atoms with E-state index in [9.17, 15) is 0 Å². The molecule has 5 heteroatoms. The summed E-state index contributed by atoms with van der Waals surface area (Å²) >= 11 is 6.72. The Morgan fingerprint density at radius 2 is 2.00 bits per heavy atom. The van der Waals surface area contributed by atoms with Crippen LogP contribution in [0.2, 0.25) is 0 Å². The van der Waals surface area contributed by atoms with E-state index < -0.39 is 0 Å². The zero-order valence-corrected chi connectivity index (χ0v) is 12.2. The van der Waals surface area contributed by atoms with Crippen LogP contribution in [0.1, 0.15) is 5.56 Å². The fraction of sp³-hybridized carbons (Fsp3) is 0.0833. The summed E-state index contributed by atoms with van der Waals surface area (Å²) in [6.07, 6.45) is 1.67. The average Bonchev–Trinajstić information content (AvgIpc) is 2.25. The van der Waals surface area contributed by atoms with Gasteiger partial charge in [0.05, 0.1) is 10.2 Å². The van der Waals surface area contributed by atoms with Gasteiger partial charge in [-0.1, -0.05) is 6.07 Å². The molecule has 0 unspecified atom stereocenters. The third-order valence-electron chi connectivity index (χ3n) is 2.15. The lowest BCUT2D eigenvalue weighted by Gasteiger charge is -2.09. The predicted octanol–water partition coefficient (Wildman–Crippen LogP) is 4.29. The minimum absolute atomic E-state index is 0.490. The third-order valence-corrected chi connectivity index (χ3v) is 3.15. The van der Waals surface area contributed by atoms with Crippen molar-refractivity contribution in [3.8, 4) is 11.6 Å². The van der Waals surface area contributed by atoms with E-state index in [0.29, 0.717) is 17.3 Å². The number of ether oxygens (including phenoxy) is 1. The maximum Gasteiger partial charge on any atom is 0.233 e. The van der Waals surface area contributed by atoms with E-state index in [1.54, 1.807) is 6.20 Å². The highest BCUT2D eigenvalue weighted by atomic mass is 79.9. The van der Waals surface area contributed by atoms with Gasteiger partial charge in [0.25, 0.3) is 0 Å². The molecule has 1 aromatic heterocycles. The fourth-order valence-electron chi connectivity index (χ4n) is 1.34. The molecule has 1 aromatic carbocycles. The summed E-state index contributed by atoms with van der Waals surface area (Å²) in [6, 6.07) is 7.51. The number of rotatable bonds is 2. The van der Waals surface area contributed by atoms with Gasteiger partial charge in [-0.15, -0.1) is 0 Å². The Hall–Kier alpha value is -1.07. The summed E-state index contributed by atoms with van der Waals surface area (Å²) in [7, 11) is 0. The number of pyridine rings is 1. The van der Waals surface area contributed by atoms with E-state index in [2.05, 4.69) is 36.8 Å². The average molecular weight is 358 g/mol. The van der Waals surface area contributed by atoms with E-state index in [1.807, 2.05) is 31.2 Å². The minimum atomic E-state index is 0.490. The van der Waals surface area contributed by atoms with Gasteiger partial charge < -0.3 is 10.5 Å². The van der Waals surface area contributed by atoms with Crippen molar-refractivity contribution in [1.29, 1.82) is 0 Å². The van der Waals surface area contributed by atoms with Crippen molar-refractivity contribution in [3.05, 3.63) is 45.0 Å². The maximum atomic E-state index is 5.87. The van der Waals surface area contributed by atoms with Gasteiger partial charge in [-0.05, 0) is 62.5 Å². The molecule has 17 heavy (non-hydrogen) atoms. The Kier molecular flexibility index (Phi) is 3.69. The molecular weight excluding hydrogens is 348 g/mol. The molecule has 0 aliphatic heterocycles. The van der Waals surface area contributed by atoms with E-state index >= 15 is 0 Å². The highest BCUT2D eigenvalue weighted by molar-refractivity contribution is 9.11. The van der Waals surface area contributed by atoms with Crippen LogP contribution in [-0.4, -0.2) is 4.98 Å². The van der Waals surface area contributed by atoms with Gasteiger partial charge in [-0.3, -0.25) is 0 Å². The van der Waals surface area contributed by atoms with Gasteiger partial charge in [0.15, 0.2) is 5.75 Å². The van der Waals surface area contributed by atoms with Crippen LogP contribution in [0.5, 0.6) is 11.6 Å². The van der Waals surface area contributed by atoms with Crippen molar-refractivity contribution in [3.63, 3.8) is 0 Å². The second kappa shape index (κ2) is 5.06. The Balaban J connectivity index is 2.31. The number of nitrogens with zero attached hydrogens (tertiary/aromatic N) is 1. The molecular formula is C12H10Br2N2O. The molecule has 2 aromatic rings. The zero-order chi connectivity index (χ0) is 12.4. The second-order valence-corrected chi connectivity index (χ2v) is 5.35. The van der Waals surface area contributed by atoms with Gasteiger partial charge in [-0.25, -0.2) is 4.98 Å². The Morgan fingerprint density at radius 3 is 2.65 bits per heavy atom. The maximum absolute atomic E-state index is 5.87. The molecule has 2 N–H and O–H groups in total. The molecule has 0 saturated carbocycles. The number of hydrogen-bond donors (Lipinski definition) is 1. The summed E-state index contributed by atoms with van der Waals surface area (Å²) in [5.41, 5.74) is 7.57. The van der Waals surface area contributed by atoms with Crippen LogP contribution < -0.4 is 10.5 Å². The standard InChI is InChI=1S/C12H10Br2N2O/c1-7-2-3-11(10(15)4-7)17-12-9(14)5-8(13)6-16-12/h2-6H,15H2,1H3. The van der Waals surface area contributed by atoms with Crippen LogP contribution in [0.15, 0.2) is 39.4 Å². The number of halogens is 2. The van der Waals surface area contributed by atoms with E-state index in [-0.39, 0.29) is 0 Å². The molecule has 1 heterocycles. The smallest absolute Gasteiger partial charge is 0.233 e. The molecule has 0 bridgehead atoms. The van der Waals surface area contributed by atoms with Crippen molar-refractivity contribution in [2.75, 3.05) is 5.73 Å². The lowest BCUT2D eigenvalue weighted by atomic mass is 10.2. The van der Waals surface area contributed by atoms with Gasteiger partial charge in [0.1, 0.15) is 0 Å². The molecule has 0 saturated heterocycles. The first-order valence-electron chi connectivity index (χ1n) is 4.91. The van der Waals surface area contributed by atoms with Crippen molar-refractivity contribution in [1.82, 2.24) is 4.98 Å². The molecule has 0 radical (unpaired) electrons. The first kappa shape index (κ1) is 12.4. The number of benzene rings is 1. The number of nitrogens with two attached hydrogens (primary N) is 1. The molecule has 0 spiro atoms. The molecule has 2 rings (SSSR count). The van der Waals surface area contributed by atoms with Gasteiger partial charge in [0, 0.05) is 10.7 Å². The molecule has 0 amide bonds. The SMILES string of the molecule is Cc1ccc(Oc2ncc(Br)cc2Br)c(N)c1. The molecule has 0 fully saturated rings. The summed E-state index contributed by atoms with van der Waals surface area (Å²) in [6.45, 7) is 1.98. The Morgan fingerprint density at radius 1 is 1.24 bits per heavy atom. The van der Waals surface area contributed by atoms with Crippen LogP contribution in [0, 0.1) is 6.92 Å². The second-order valence-electron chi connectivity index (χ2n) is 3.58. The molecule has 3 nitrogen and oxygen atoms in total. The zero-order valence-electron chi connectivity index (χ0n) is 9.08. The van der Waals surface area contributed by atoms with Crippen molar-refractivity contribution < 1.29 is 4.74 Å². The fourth-order valence-corrected chi connectivity index (χ4v) is 2.41. The summed E-state index contributed by atoms with van der Waals surface area (Å²) in [5.74, 6) is 1.09. The molecule has 0 atom stereocenters. The van der Waals surface area contributed by atoms with Crippen LogP contribution in [0.25, 0.3) is 0 Å². The first-order valence-corrected chi connectivity index (χ1v) is 6.50. The largest absolute Gasteiger partial charge is 0.436 e. The highest BCUT2D eigenvalue weighted by Gasteiger charge is 2.07. The van der Waals surface area contributed by atoms with Crippen LogP contribution in [-0.2, 0) is 0 Å². The normalized spacial score (nSPS) is 10.3. The van der Waals surface area contributed by atoms with Gasteiger partial charge >= 0.3 is 0 Å². The Labute approximate surface area is 116 Å². The highest BCUT2D eigenvalue weighted by Crippen LogP contribution is 2.32. The van der Waals surface area contributed by atoms with E-state index in [4.69, 9.17) is 10.5 Å². The summed E-state index contributed by atoms with van der Waals surface area (Å²) in [5, 5.41) is 0. The van der Waals surface area contributed by atoms with Gasteiger partial charge in [0.2, 0.25) is 5.88 Å². The predicted molar refractivity (Wildman–Crippen MR) is 75.3 cm³/mol. The monoisotopic (exact) mass is 356 g/mol. The van der Waals surface area contributed by atoms with Crippen LogP contribution >= 0.6 is 31.9 Å². The van der Waals surface area contributed by atoms with Crippen molar-refractivity contribution in [2.45, 2.75) is 6.92 Å². The first-order chi connectivity index (χ1) is 8.06. The lowest BCUT2D eigenvalue weighted by molar-refractivity contribution is 0.461. The number of anilines is 1. The van der Waals surface area contributed by atoms with Gasteiger partial charge in [-0.2, -0.15) is 0 Å². The summed E-state index contributed by atoms with van der Waals surface area (Å²) < 4.78 is 7.30. The third kappa shape index (κ3) is 2.98. The van der Waals surface area contributed by atoms with Crippen LogP contribution in [0.4, 0.5) is 5.69 Å². The van der Waals surface area contributed by atoms with E-state index in [1.165, 1.54) is 0 Å². The van der Waals surface area contributed by atoms with Crippen molar-refractivity contribution >= 4 is 37.5 Å². The van der Waals surface area contributed by atoms with Crippen molar-refractivity contribution in [2.24, 2.45) is 0 Å². The summed E-state index contributed by atoms with van der Waals surface area (Å²) in [4.78, 5) is 4.17. The molecule has 88 valence electrons. The van der Waals surface area contributed by atoms with Crippen LogP contribution in [0.3, 0.4) is 0 Å². The number of aromatic nitrogens is 1. The Bertz CT molecular complexity index is 509. The minimum Gasteiger partial charge on any atom is -0.436 e. The molecule has 0 aliphatic carbocycles. The van der Waals surface area contributed by atoms with E-state index in [0.717, 1.165) is 14.5 Å². The number of aryl methyl sites for hydroxylation is 1. The number of nitrogen functional groups attached to an aromatic ring is 1.